The number of phenols is 1. The highest BCUT2D eigenvalue weighted by molar-refractivity contribution is 5.95. The van der Waals surface area contributed by atoms with Crippen molar-refractivity contribution in [1.29, 1.82) is 0 Å². The molecule has 0 saturated heterocycles. The molecule has 3 rings (SSSR count). The molecule has 0 bridgehead atoms. The van der Waals surface area contributed by atoms with Crippen molar-refractivity contribution in [2.45, 2.75) is 6.92 Å². The van der Waals surface area contributed by atoms with E-state index in [4.69, 9.17) is 4.74 Å². The summed E-state index contributed by atoms with van der Waals surface area (Å²) in [4.78, 5) is 16.7. The van der Waals surface area contributed by atoms with Gasteiger partial charge in [-0.3, -0.25) is 9.20 Å². The lowest BCUT2D eigenvalue weighted by molar-refractivity contribution is 0.0948. The Kier molecular flexibility index (Phi) is 4.15. The van der Waals surface area contributed by atoms with Crippen molar-refractivity contribution in [3.8, 4) is 11.5 Å². The van der Waals surface area contributed by atoms with Crippen LogP contribution in [0.4, 0.5) is 0 Å². The van der Waals surface area contributed by atoms with Crippen LogP contribution in [0.1, 0.15) is 21.7 Å². The Morgan fingerprint density at radius 2 is 2.17 bits per heavy atom. The molecule has 7 heteroatoms. The number of benzene rings is 1. The van der Waals surface area contributed by atoms with Gasteiger partial charge < -0.3 is 9.84 Å². The van der Waals surface area contributed by atoms with E-state index < -0.39 is 0 Å². The zero-order valence-corrected chi connectivity index (χ0v) is 13.2. The van der Waals surface area contributed by atoms with Crippen LogP contribution in [0.2, 0.25) is 0 Å². The molecule has 0 atom stereocenters. The van der Waals surface area contributed by atoms with Gasteiger partial charge in [0.1, 0.15) is 11.3 Å². The number of imidazole rings is 1. The molecule has 2 aromatic heterocycles. The second-order valence-corrected chi connectivity index (χ2v) is 5.07. The second kappa shape index (κ2) is 6.41. The van der Waals surface area contributed by atoms with E-state index in [0.717, 1.165) is 0 Å². The molecule has 2 N–H and O–H groups in total. The Morgan fingerprint density at radius 1 is 1.33 bits per heavy atom. The highest BCUT2D eigenvalue weighted by atomic mass is 16.5. The number of hydrogen-bond donors (Lipinski definition) is 2. The molecule has 1 amide bonds. The van der Waals surface area contributed by atoms with Gasteiger partial charge >= 0.3 is 0 Å². The van der Waals surface area contributed by atoms with Gasteiger partial charge in [0.05, 0.1) is 19.0 Å². The van der Waals surface area contributed by atoms with Gasteiger partial charge in [0.2, 0.25) is 0 Å². The number of pyridine rings is 1. The summed E-state index contributed by atoms with van der Waals surface area (Å²) in [5.74, 6) is -0.0864. The maximum absolute atomic E-state index is 12.4. The van der Waals surface area contributed by atoms with E-state index in [1.807, 2.05) is 18.2 Å². The highest BCUT2D eigenvalue weighted by Crippen LogP contribution is 2.27. The predicted octanol–water partition coefficient (Wildman–Crippen LogP) is 2.12. The third kappa shape index (κ3) is 2.79. The SMILES string of the molecule is COc1cccc(/C=N\NC(=O)c2c(C)nc3ccccn23)c1O. The van der Waals surface area contributed by atoms with Gasteiger partial charge in [-0.05, 0) is 31.2 Å². The molecule has 0 unspecified atom stereocenters. The zero-order chi connectivity index (χ0) is 17.1. The largest absolute Gasteiger partial charge is 0.504 e. The smallest absolute Gasteiger partial charge is 0.290 e. The number of nitrogens with zero attached hydrogens (tertiary/aromatic N) is 3. The standard InChI is InChI=1S/C17H16N4O3/c1-11-15(21-9-4-3-8-14(21)19-11)17(23)20-18-10-12-6-5-7-13(24-2)16(12)22/h3-10,22H,1-2H3,(H,20,23)/b18-10-. The first-order chi connectivity index (χ1) is 11.6. The fourth-order valence-corrected chi connectivity index (χ4v) is 2.41. The molecule has 0 radical (unpaired) electrons. The fourth-order valence-electron chi connectivity index (χ4n) is 2.41. The van der Waals surface area contributed by atoms with Crippen molar-refractivity contribution in [2.75, 3.05) is 7.11 Å². The summed E-state index contributed by atoms with van der Waals surface area (Å²) in [7, 11) is 1.46. The first-order valence-electron chi connectivity index (χ1n) is 7.25. The second-order valence-electron chi connectivity index (χ2n) is 5.07. The molecule has 0 aliphatic rings. The van der Waals surface area contributed by atoms with Crippen molar-refractivity contribution in [2.24, 2.45) is 5.10 Å². The van der Waals surface area contributed by atoms with Crippen LogP contribution in [0.3, 0.4) is 0 Å². The van der Waals surface area contributed by atoms with Crippen LogP contribution >= 0.6 is 0 Å². The van der Waals surface area contributed by atoms with E-state index in [2.05, 4.69) is 15.5 Å². The molecule has 24 heavy (non-hydrogen) atoms. The van der Waals surface area contributed by atoms with Gasteiger partial charge in [0.15, 0.2) is 11.5 Å². The first kappa shape index (κ1) is 15.5. The van der Waals surface area contributed by atoms with E-state index in [-0.39, 0.29) is 11.7 Å². The summed E-state index contributed by atoms with van der Waals surface area (Å²) in [5.41, 5.74) is 4.60. The number of para-hydroxylation sites is 1. The number of phenolic OH excluding ortho intramolecular Hbond substituents is 1. The number of ether oxygens (including phenoxy) is 1. The number of hydrazone groups is 1. The number of methoxy groups -OCH3 is 1. The van der Waals surface area contributed by atoms with Crippen molar-refractivity contribution < 1.29 is 14.6 Å². The number of nitrogens with one attached hydrogen (secondary N) is 1. The first-order valence-corrected chi connectivity index (χ1v) is 7.25. The number of hydrogen-bond acceptors (Lipinski definition) is 5. The van der Waals surface area contributed by atoms with Gasteiger partial charge in [0.25, 0.3) is 5.91 Å². The number of aryl methyl sites for hydroxylation is 1. The van der Waals surface area contributed by atoms with Crippen molar-refractivity contribution in [3.05, 3.63) is 59.5 Å². The number of aromatic hydroxyl groups is 1. The molecule has 3 aromatic rings. The van der Waals surface area contributed by atoms with E-state index >= 15 is 0 Å². The van der Waals surface area contributed by atoms with Crippen molar-refractivity contribution in [3.63, 3.8) is 0 Å². The summed E-state index contributed by atoms with van der Waals surface area (Å²) in [6, 6.07) is 10.5. The number of aromatic nitrogens is 2. The molecule has 0 aliphatic heterocycles. The highest BCUT2D eigenvalue weighted by Gasteiger charge is 2.15. The zero-order valence-electron chi connectivity index (χ0n) is 13.2. The predicted molar refractivity (Wildman–Crippen MR) is 89.6 cm³/mol. The van der Waals surface area contributed by atoms with Crippen LogP contribution in [-0.2, 0) is 0 Å². The maximum atomic E-state index is 12.4. The van der Waals surface area contributed by atoms with Gasteiger partial charge in [-0.15, -0.1) is 0 Å². The molecule has 122 valence electrons. The van der Waals surface area contributed by atoms with Gasteiger partial charge in [0, 0.05) is 11.8 Å². The van der Waals surface area contributed by atoms with E-state index in [0.29, 0.717) is 28.3 Å². The minimum Gasteiger partial charge on any atom is -0.504 e. The Labute approximate surface area is 138 Å². The molecular weight excluding hydrogens is 308 g/mol. The van der Waals surface area contributed by atoms with Crippen molar-refractivity contribution >= 4 is 17.8 Å². The van der Waals surface area contributed by atoms with Gasteiger partial charge in [-0.25, -0.2) is 10.4 Å². The van der Waals surface area contributed by atoms with Gasteiger partial charge in [-0.2, -0.15) is 5.10 Å². The Bertz CT molecular complexity index is 931. The Hall–Kier alpha value is -3.35. The van der Waals surface area contributed by atoms with Crippen LogP contribution in [0.5, 0.6) is 11.5 Å². The molecule has 7 nitrogen and oxygen atoms in total. The molecule has 0 fully saturated rings. The summed E-state index contributed by atoms with van der Waals surface area (Å²) in [6.07, 6.45) is 3.12. The Balaban J connectivity index is 1.82. The van der Waals surface area contributed by atoms with Crippen molar-refractivity contribution in [1.82, 2.24) is 14.8 Å². The van der Waals surface area contributed by atoms with Crippen LogP contribution in [0, 0.1) is 6.92 Å². The number of amides is 1. The fraction of sp³-hybridized carbons (Fsp3) is 0.118. The minimum absolute atomic E-state index is 0.0380. The van der Waals surface area contributed by atoms with Crippen LogP contribution in [0.25, 0.3) is 5.65 Å². The van der Waals surface area contributed by atoms with Gasteiger partial charge in [-0.1, -0.05) is 12.1 Å². The molecule has 0 saturated carbocycles. The topological polar surface area (TPSA) is 88.2 Å². The number of rotatable bonds is 4. The van der Waals surface area contributed by atoms with Crippen LogP contribution < -0.4 is 10.2 Å². The summed E-state index contributed by atoms with van der Waals surface area (Å²) < 4.78 is 6.72. The normalized spacial score (nSPS) is 11.1. The van der Waals surface area contributed by atoms with Crippen LogP contribution in [0.15, 0.2) is 47.7 Å². The third-order valence-corrected chi connectivity index (χ3v) is 3.54. The summed E-state index contributed by atoms with van der Waals surface area (Å²) >= 11 is 0. The lowest BCUT2D eigenvalue weighted by Gasteiger charge is -2.05. The molecular formula is C17H16N4O3. The van der Waals surface area contributed by atoms with E-state index in [1.165, 1.54) is 13.3 Å². The molecule has 0 aliphatic carbocycles. The monoisotopic (exact) mass is 324 g/mol. The van der Waals surface area contributed by atoms with E-state index in [9.17, 15) is 9.90 Å². The summed E-state index contributed by atoms with van der Waals surface area (Å²) in [6.45, 7) is 1.76. The average Bonchev–Trinajstić information content (AvgIpc) is 2.92. The lowest BCUT2D eigenvalue weighted by Crippen LogP contribution is -2.20. The third-order valence-electron chi connectivity index (χ3n) is 3.54. The number of fused-ring (bicyclic) bond motifs is 1. The minimum atomic E-state index is -0.384. The molecule has 1 aromatic carbocycles. The number of carbonyl (C=O) groups excluding carboxylic acids is 1. The maximum Gasteiger partial charge on any atom is 0.290 e. The average molecular weight is 324 g/mol. The quantitative estimate of drug-likeness (QED) is 0.568. The summed E-state index contributed by atoms with van der Waals surface area (Å²) in [5, 5.41) is 13.9. The Morgan fingerprint density at radius 3 is 2.96 bits per heavy atom. The number of carbonyl (C=O) groups is 1. The molecule has 2 heterocycles. The molecule has 0 spiro atoms. The lowest BCUT2D eigenvalue weighted by atomic mass is 10.2. The van der Waals surface area contributed by atoms with E-state index in [1.54, 1.807) is 35.7 Å². The van der Waals surface area contributed by atoms with Crippen LogP contribution in [-0.4, -0.2) is 33.7 Å².